The SMILES string of the molecule is Cc1ncc(CN(C)C(=O)c2ccc(Cn3cncn3)cc2)s1. The molecule has 0 bridgehead atoms. The van der Waals surface area contributed by atoms with Gasteiger partial charge in [0.05, 0.1) is 18.1 Å². The van der Waals surface area contributed by atoms with E-state index in [0.29, 0.717) is 18.7 Å². The molecule has 23 heavy (non-hydrogen) atoms. The summed E-state index contributed by atoms with van der Waals surface area (Å²) in [7, 11) is 1.81. The molecule has 0 aliphatic heterocycles. The lowest BCUT2D eigenvalue weighted by Gasteiger charge is -2.16. The van der Waals surface area contributed by atoms with Gasteiger partial charge in [0.2, 0.25) is 0 Å². The largest absolute Gasteiger partial charge is 0.337 e. The lowest BCUT2D eigenvalue weighted by molar-refractivity contribution is 0.0786. The number of thiazole rings is 1. The van der Waals surface area contributed by atoms with Crippen LogP contribution in [0.15, 0.2) is 43.1 Å². The summed E-state index contributed by atoms with van der Waals surface area (Å²) in [4.78, 5) is 23.4. The first-order valence-electron chi connectivity index (χ1n) is 7.20. The van der Waals surface area contributed by atoms with E-state index < -0.39 is 0 Å². The summed E-state index contributed by atoms with van der Waals surface area (Å²) in [6.07, 6.45) is 5.00. The van der Waals surface area contributed by atoms with Gasteiger partial charge in [0.1, 0.15) is 12.7 Å². The summed E-state index contributed by atoms with van der Waals surface area (Å²) in [6, 6.07) is 7.59. The highest BCUT2D eigenvalue weighted by Gasteiger charge is 2.13. The molecule has 0 aliphatic carbocycles. The summed E-state index contributed by atoms with van der Waals surface area (Å²) in [6.45, 7) is 3.18. The summed E-state index contributed by atoms with van der Waals surface area (Å²) in [5.74, 6) is 0.00311. The Balaban J connectivity index is 1.64. The molecule has 0 saturated heterocycles. The van der Waals surface area contributed by atoms with E-state index in [-0.39, 0.29) is 5.91 Å². The fourth-order valence-electron chi connectivity index (χ4n) is 2.26. The number of aryl methyl sites for hydroxylation is 1. The first kappa shape index (κ1) is 15.4. The molecule has 0 spiro atoms. The highest BCUT2D eigenvalue weighted by atomic mass is 32.1. The molecule has 0 N–H and O–H groups in total. The van der Waals surface area contributed by atoms with Crippen LogP contribution in [0.5, 0.6) is 0 Å². The van der Waals surface area contributed by atoms with Gasteiger partial charge in [0, 0.05) is 23.7 Å². The Hall–Kier alpha value is -2.54. The highest BCUT2D eigenvalue weighted by molar-refractivity contribution is 7.11. The van der Waals surface area contributed by atoms with Crippen LogP contribution in [0, 0.1) is 6.92 Å². The van der Waals surface area contributed by atoms with Crippen LogP contribution >= 0.6 is 11.3 Å². The average molecular weight is 327 g/mol. The minimum Gasteiger partial charge on any atom is -0.337 e. The molecule has 3 rings (SSSR count). The molecule has 118 valence electrons. The van der Waals surface area contributed by atoms with E-state index >= 15 is 0 Å². The van der Waals surface area contributed by atoms with Crippen LogP contribution in [-0.4, -0.2) is 37.6 Å². The third-order valence-corrected chi connectivity index (χ3v) is 4.32. The van der Waals surface area contributed by atoms with Crippen molar-refractivity contribution in [2.24, 2.45) is 0 Å². The van der Waals surface area contributed by atoms with Gasteiger partial charge in [-0.15, -0.1) is 11.3 Å². The number of hydrogen-bond acceptors (Lipinski definition) is 5. The maximum absolute atomic E-state index is 12.5. The van der Waals surface area contributed by atoms with Crippen molar-refractivity contribution >= 4 is 17.2 Å². The van der Waals surface area contributed by atoms with E-state index in [2.05, 4.69) is 15.1 Å². The van der Waals surface area contributed by atoms with Crippen molar-refractivity contribution in [3.63, 3.8) is 0 Å². The molecule has 1 aromatic carbocycles. The quantitative estimate of drug-likeness (QED) is 0.722. The molecule has 6 nitrogen and oxygen atoms in total. The van der Waals surface area contributed by atoms with Crippen LogP contribution in [0.2, 0.25) is 0 Å². The number of aromatic nitrogens is 4. The van der Waals surface area contributed by atoms with E-state index in [9.17, 15) is 4.79 Å². The van der Waals surface area contributed by atoms with Crippen molar-refractivity contribution in [1.82, 2.24) is 24.6 Å². The fraction of sp³-hybridized carbons (Fsp3) is 0.250. The predicted molar refractivity (Wildman–Crippen MR) is 88.2 cm³/mol. The first-order valence-corrected chi connectivity index (χ1v) is 8.01. The zero-order valence-corrected chi connectivity index (χ0v) is 13.8. The summed E-state index contributed by atoms with van der Waals surface area (Å²) < 4.78 is 1.75. The topological polar surface area (TPSA) is 63.9 Å². The first-order chi connectivity index (χ1) is 11.1. The molecule has 0 saturated carbocycles. The van der Waals surface area contributed by atoms with Gasteiger partial charge in [-0.25, -0.2) is 14.6 Å². The second-order valence-corrected chi connectivity index (χ2v) is 6.62. The van der Waals surface area contributed by atoms with E-state index in [1.807, 2.05) is 37.4 Å². The number of carbonyl (C=O) groups excluding carboxylic acids is 1. The molecular weight excluding hydrogens is 310 g/mol. The maximum atomic E-state index is 12.5. The number of benzene rings is 1. The monoisotopic (exact) mass is 327 g/mol. The number of rotatable bonds is 5. The van der Waals surface area contributed by atoms with Gasteiger partial charge < -0.3 is 4.90 Å². The molecule has 0 fully saturated rings. The lowest BCUT2D eigenvalue weighted by atomic mass is 10.1. The molecule has 7 heteroatoms. The molecule has 0 aliphatic rings. The second-order valence-electron chi connectivity index (χ2n) is 5.30. The summed E-state index contributed by atoms with van der Waals surface area (Å²) >= 11 is 1.61. The Labute approximate surface area is 138 Å². The zero-order valence-electron chi connectivity index (χ0n) is 13.0. The third kappa shape index (κ3) is 3.81. The summed E-state index contributed by atoms with van der Waals surface area (Å²) in [5.41, 5.74) is 1.75. The minimum absolute atomic E-state index is 0.00311. The Morgan fingerprint density at radius 3 is 2.70 bits per heavy atom. The Kier molecular flexibility index (Phi) is 4.47. The molecule has 2 heterocycles. The van der Waals surface area contributed by atoms with Crippen molar-refractivity contribution in [2.45, 2.75) is 20.0 Å². The van der Waals surface area contributed by atoms with Crippen molar-refractivity contribution in [3.8, 4) is 0 Å². The molecule has 0 radical (unpaired) electrons. The molecular formula is C16H17N5OS. The summed E-state index contributed by atoms with van der Waals surface area (Å²) in [5, 5.41) is 5.08. The van der Waals surface area contributed by atoms with Gasteiger partial charge in [-0.3, -0.25) is 4.79 Å². The average Bonchev–Trinajstić information content (AvgIpc) is 3.19. The number of hydrogen-bond donors (Lipinski definition) is 0. The van der Waals surface area contributed by atoms with Crippen molar-refractivity contribution < 1.29 is 4.79 Å². The van der Waals surface area contributed by atoms with Gasteiger partial charge in [-0.1, -0.05) is 12.1 Å². The maximum Gasteiger partial charge on any atom is 0.253 e. The molecule has 0 unspecified atom stereocenters. The molecule has 0 atom stereocenters. The van der Waals surface area contributed by atoms with E-state index in [1.54, 1.807) is 34.3 Å². The van der Waals surface area contributed by atoms with Crippen LogP contribution in [0.4, 0.5) is 0 Å². The number of nitrogens with zero attached hydrogens (tertiary/aromatic N) is 5. The number of amides is 1. The standard InChI is InChI=1S/C16H17N5OS/c1-12-18-7-15(23-12)9-20(2)16(22)14-5-3-13(4-6-14)8-21-11-17-10-19-21/h3-7,10-11H,8-9H2,1-2H3. The third-order valence-electron chi connectivity index (χ3n) is 3.42. The molecule has 3 aromatic rings. The van der Waals surface area contributed by atoms with Gasteiger partial charge in [0.15, 0.2) is 0 Å². The highest BCUT2D eigenvalue weighted by Crippen LogP contribution is 2.15. The predicted octanol–water partition coefficient (Wildman–Crippen LogP) is 2.36. The molecule has 2 aromatic heterocycles. The van der Waals surface area contributed by atoms with Gasteiger partial charge >= 0.3 is 0 Å². The van der Waals surface area contributed by atoms with E-state index in [4.69, 9.17) is 0 Å². The van der Waals surface area contributed by atoms with Crippen molar-refractivity contribution in [1.29, 1.82) is 0 Å². The second kappa shape index (κ2) is 6.70. The van der Waals surface area contributed by atoms with Crippen LogP contribution in [0.25, 0.3) is 0 Å². The van der Waals surface area contributed by atoms with Crippen LogP contribution < -0.4 is 0 Å². The lowest BCUT2D eigenvalue weighted by Crippen LogP contribution is -2.25. The Morgan fingerprint density at radius 2 is 2.09 bits per heavy atom. The van der Waals surface area contributed by atoms with Crippen molar-refractivity contribution in [3.05, 3.63) is 64.1 Å². The normalized spacial score (nSPS) is 10.7. The Morgan fingerprint density at radius 1 is 1.30 bits per heavy atom. The van der Waals surface area contributed by atoms with E-state index in [0.717, 1.165) is 15.4 Å². The van der Waals surface area contributed by atoms with Gasteiger partial charge in [-0.05, 0) is 24.6 Å². The molecule has 1 amide bonds. The van der Waals surface area contributed by atoms with Crippen LogP contribution in [0.3, 0.4) is 0 Å². The van der Waals surface area contributed by atoms with E-state index in [1.165, 1.54) is 6.33 Å². The fourth-order valence-corrected chi connectivity index (χ4v) is 3.11. The van der Waals surface area contributed by atoms with Gasteiger partial charge in [0.25, 0.3) is 5.91 Å². The van der Waals surface area contributed by atoms with Gasteiger partial charge in [-0.2, -0.15) is 5.10 Å². The van der Waals surface area contributed by atoms with Crippen LogP contribution in [-0.2, 0) is 13.1 Å². The minimum atomic E-state index is 0.00311. The Bertz CT molecular complexity index is 779. The zero-order chi connectivity index (χ0) is 16.2. The van der Waals surface area contributed by atoms with Crippen LogP contribution in [0.1, 0.15) is 25.8 Å². The number of carbonyl (C=O) groups is 1. The van der Waals surface area contributed by atoms with Crippen molar-refractivity contribution in [2.75, 3.05) is 7.05 Å². The smallest absolute Gasteiger partial charge is 0.253 e.